The number of urea groups is 1. The molecule has 2 N–H and O–H groups in total. The summed E-state index contributed by atoms with van der Waals surface area (Å²) in [6, 6.07) is 15.3. The third-order valence-electron chi connectivity index (χ3n) is 6.61. The van der Waals surface area contributed by atoms with Crippen LogP contribution < -0.4 is 10.6 Å². The third kappa shape index (κ3) is 6.04. The standard InChI is InChI=1S/C26H32ClN3O2/c27-22-12-14-24(15-13-22)29-26(32)30-16-6-9-21(18-30)19-7-5-8-20(17-19)25(31)28-23-10-3-1-2-4-11-23/h5,7-8,12-15,17,21,23H,1-4,6,9-11,16,18H2,(H,28,31)(H,29,32)/t21-/m1/s1. The van der Waals surface area contributed by atoms with Gasteiger partial charge in [0.15, 0.2) is 0 Å². The fourth-order valence-electron chi connectivity index (χ4n) is 4.80. The van der Waals surface area contributed by atoms with Gasteiger partial charge in [0.1, 0.15) is 0 Å². The van der Waals surface area contributed by atoms with Crippen molar-refractivity contribution in [2.75, 3.05) is 18.4 Å². The Hall–Kier alpha value is -2.53. The maximum Gasteiger partial charge on any atom is 0.321 e. The summed E-state index contributed by atoms with van der Waals surface area (Å²) in [4.78, 5) is 27.5. The van der Waals surface area contributed by atoms with E-state index in [-0.39, 0.29) is 23.9 Å². The minimum atomic E-state index is -0.0979. The number of likely N-dealkylation sites (tertiary alicyclic amines) is 1. The fraction of sp³-hybridized carbons (Fsp3) is 0.462. The van der Waals surface area contributed by atoms with Crippen molar-refractivity contribution in [3.63, 3.8) is 0 Å². The number of benzene rings is 2. The van der Waals surface area contributed by atoms with Gasteiger partial charge in [-0.1, -0.05) is 49.4 Å². The van der Waals surface area contributed by atoms with Crippen molar-refractivity contribution in [2.45, 2.75) is 63.3 Å². The van der Waals surface area contributed by atoms with Gasteiger partial charge in [0.05, 0.1) is 0 Å². The van der Waals surface area contributed by atoms with Crippen LogP contribution in [0.4, 0.5) is 10.5 Å². The van der Waals surface area contributed by atoms with E-state index in [1.807, 2.05) is 23.1 Å². The zero-order chi connectivity index (χ0) is 22.3. The van der Waals surface area contributed by atoms with Gasteiger partial charge in [-0.15, -0.1) is 0 Å². The van der Waals surface area contributed by atoms with Crippen molar-refractivity contribution in [3.05, 3.63) is 64.7 Å². The molecule has 2 aromatic carbocycles. The van der Waals surface area contributed by atoms with Crippen LogP contribution in [-0.2, 0) is 0 Å². The van der Waals surface area contributed by atoms with Gasteiger partial charge in [0, 0.05) is 41.3 Å². The highest BCUT2D eigenvalue weighted by Gasteiger charge is 2.25. The Labute approximate surface area is 195 Å². The Morgan fingerprint density at radius 3 is 2.41 bits per heavy atom. The number of piperidine rings is 1. The molecule has 170 valence electrons. The fourth-order valence-corrected chi connectivity index (χ4v) is 4.92. The van der Waals surface area contributed by atoms with Gasteiger partial charge in [-0.2, -0.15) is 0 Å². The molecule has 1 saturated carbocycles. The number of rotatable bonds is 4. The highest BCUT2D eigenvalue weighted by molar-refractivity contribution is 6.30. The lowest BCUT2D eigenvalue weighted by molar-refractivity contribution is 0.0933. The Kier molecular flexibility index (Phi) is 7.69. The second-order valence-electron chi connectivity index (χ2n) is 9.01. The molecule has 1 atom stereocenters. The summed E-state index contributed by atoms with van der Waals surface area (Å²) in [5.74, 6) is 0.247. The topological polar surface area (TPSA) is 61.4 Å². The highest BCUT2D eigenvalue weighted by Crippen LogP contribution is 2.28. The normalized spacial score (nSPS) is 19.8. The average Bonchev–Trinajstić information content (AvgIpc) is 3.09. The number of halogens is 1. The van der Waals surface area contributed by atoms with Gasteiger partial charge in [-0.25, -0.2) is 4.79 Å². The van der Waals surface area contributed by atoms with Crippen molar-refractivity contribution in [1.29, 1.82) is 0 Å². The van der Waals surface area contributed by atoms with Gasteiger partial charge < -0.3 is 15.5 Å². The number of hydrogen-bond donors (Lipinski definition) is 2. The number of carbonyl (C=O) groups is 2. The lowest BCUT2D eigenvalue weighted by atomic mass is 9.89. The first-order valence-corrected chi connectivity index (χ1v) is 12.2. The van der Waals surface area contributed by atoms with E-state index >= 15 is 0 Å². The summed E-state index contributed by atoms with van der Waals surface area (Å²) in [6.07, 6.45) is 9.03. The Morgan fingerprint density at radius 2 is 1.66 bits per heavy atom. The van der Waals surface area contributed by atoms with Crippen molar-refractivity contribution in [2.24, 2.45) is 0 Å². The number of carbonyl (C=O) groups excluding carboxylic acids is 2. The molecule has 3 amide bonds. The average molecular weight is 454 g/mol. The molecule has 0 aromatic heterocycles. The lowest BCUT2D eigenvalue weighted by Gasteiger charge is -2.33. The molecule has 6 heteroatoms. The highest BCUT2D eigenvalue weighted by atomic mass is 35.5. The molecule has 1 aliphatic carbocycles. The van der Waals surface area contributed by atoms with Gasteiger partial charge in [-0.3, -0.25) is 4.79 Å². The molecule has 0 unspecified atom stereocenters. The minimum Gasteiger partial charge on any atom is -0.349 e. The number of nitrogens with zero attached hydrogens (tertiary/aromatic N) is 1. The smallest absolute Gasteiger partial charge is 0.321 e. The summed E-state index contributed by atoms with van der Waals surface area (Å²) in [7, 11) is 0. The summed E-state index contributed by atoms with van der Waals surface area (Å²) in [5.41, 5.74) is 2.58. The van der Waals surface area contributed by atoms with E-state index in [1.54, 1.807) is 24.3 Å². The zero-order valence-electron chi connectivity index (χ0n) is 18.5. The zero-order valence-corrected chi connectivity index (χ0v) is 19.2. The molecule has 2 aliphatic rings. The van der Waals surface area contributed by atoms with Crippen LogP contribution in [0.5, 0.6) is 0 Å². The molecule has 1 aliphatic heterocycles. The van der Waals surface area contributed by atoms with E-state index in [0.717, 1.165) is 49.0 Å². The first-order chi connectivity index (χ1) is 15.6. The molecule has 5 nitrogen and oxygen atoms in total. The predicted molar refractivity (Wildman–Crippen MR) is 129 cm³/mol. The van der Waals surface area contributed by atoms with Gasteiger partial charge >= 0.3 is 6.03 Å². The number of anilines is 1. The van der Waals surface area contributed by atoms with Crippen LogP contribution in [0.25, 0.3) is 0 Å². The van der Waals surface area contributed by atoms with Crippen molar-refractivity contribution >= 4 is 29.2 Å². The summed E-state index contributed by atoms with van der Waals surface area (Å²) in [5, 5.41) is 6.84. The third-order valence-corrected chi connectivity index (χ3v) is 6.87. The van der Waals surface area contributed by atoms with Crippen LogP contribution in [0.3, 0.4) is 0 Å². The predicted octanol–water partition coefficient (Wildman–Crippen LogP) is 6.20. The largest absolute Gasteiger partial charge is 0.349 e. The monoisotopic (exact) mass is 453 g/mol. The van der Waals surface area contributed by atoms with E-state index in [9.17, 15) is 9.59 Å². The summed E-state index contributed by atoms with van der Waals surface area (Å²) >= 11 is 5.93. The first kappa shape index (κ1) is 22.7. The van der Waals surface area contributed by atoms with E-state index < -0.39 is 0 Å². The number of amides is 3. The van der Waals surface area contributed by atoms with E-state index in [4.69, 9.17) is 11.6 Å². The molecule has 1 heterocycles. The second-order valence-corrected chi connectivity index (χ2v) is 9.45. The molecule has 32 heavy (non-hydrogen) atoms. The Bertz CT molecular complexity index is 923. The molecule has 4 rings (SSSR count). The summed E-state index contributed by atoms with van der Waals surface area (Å²) < 4.78 is 0. The van der Waals surface area contributed by atoms with Gasteiger partial charge in [0.25, 0.3) is 5.91 Å². The van der Waals surface area contributed by atoms with Crippen LogP contribution in [0, 0.1) is 0 Å². The van der Waals surface area contributed by atoms with Crippen molar-refractivity contribution in [1.82, 2.24) is 10.2 Å². The molecule has 2 aromatic rings. The maximum atomic E-state index is 12.9. The van der Waals surface area contributed by atoms with Gasteiger partial charge in [-0.05, 0) is 67.6 Å². The molecule has 0 spiro atoms. The molecule has 2 fully saturated rings. The van der Waals surface area contributed by atoms with E-state index in [0.29, 0.717) is 11.6 Å². The SMILES string of the molecule is O=C(NC1CCCCCC1)c1cccc([C@@H]2CCCN(C(=O)Nc3ccc(Cl)cc3)C2)c1. The van der Waals surface area contributed by atoms with Crippen LogP contribution in [-0.4, -0.2) is 36.0 Å². The van der Waals surface area contributed by atoms with Crippen molar-refractivity contribution in [3.8, 4) is 0 Å². The maximum absolute atomic E-state index is 12.9. The molecule has 0 radical (unpaired) electrons. The Balaban J connectivity index is 1.38. The summed E-state index contributed by atoms with van der Waals surface area (Å²) in [6.45, 7) is 1.38. The Morgan fingerprint density at radius 1 is 0.906 bits per heavy atom. The van der Waals surface area contributed by atoms with E-state index in [1.165, 1.54) is 25.7 Å². The van der Waals surface area contributed by atoms with Crippen LogP contribution in [0.1, 0.15) is 73.2 Å². The molecular formula is C26H32ClN3O2. The second kappa shape index (κ2) is 10.9. The minimum absolute atomic E-state index is 0.0203. The molecule has 1 saturated heterocycles. The van der Waals surface area contributed by atoms with E-state index in [2.05, 4.69) is 16.7 Å². The van der Waals surface area contributed by atoms with Crippen molar-refractivity contribution < 1.29 is 9.59 Å². The molecular weight excluding hydrogens is 422 g/mol. The van der Waals surface area contributed by atoms with Crippen LogP contribution in [0.2, 0.25) is 5.02 Å². The van der Waals surface area contributed by atoms with Gasteiger partial charge in [0.2, 0.25) is 0 Å². The first-order valence-electron chi connectivity index (χ1n) is 11.8. The number of nitrogens with one attached hydrogen (secondary N) is 2. The van der Waals surface area contributed by atoms with Crippen LogP contribution in [0.15, 0.2) is 48.5 Å². The number of hydrogen-bond acceptors (Lipinski definition) is 2. The lowest BCUT2D eigenvalue weighted by Crippen LogP contribution is -2.41. The quantitative estimate of drug-likeness (QED) is 0.541. The molecule has 0 bridgehead atoms. The van der Waals surface area contributed by atoms with Crippen LogP contribution >= 0.6 is 11.6 Å².